The Morgan fingerprint density at radius 1 is 1.43 bits per heavy atom. The van der Waals surface area contributed by atoms with Gasteiger partial charge in [0, 0.05) is 5.69 Å². The molecule has 0 saturated heterocycles. The summed E-state index contributed by atoms with van der Waals surface area (Å²) in [6, 6.07) is 8.51. The molecule has 0 aromatic heterocycles. The van der Waals surface area contributed by atoms with Gasteiger partial charge in [0.05, 0.1) is 18.2 Å². The summed E-state index contributed by atoms with van der Waals surface area (Å²) in [5.41, 5.74) is -0.170. The van der Waals surface area contributed by atoms with E-state index in [9.17, 15) is 14.7 Å². The summed E-state index contributed by atoms with van der Waals surface area (Å²) >= 11 is 0. The van der Waals surface area contributed by atoms with E-state index in [-0.39, 0.29) is 12.5 Å². The predicted octanol–water partition coefficient (Wildman–Crippen LogP) is 1.73. The Morgan fingerprint density at radius 3 is 2.71 bits per heavy atom. The van der Waals surface area contributed by atoms with E-state index in [1.54, 1.807) is 31.2 Å². The number of hydrogen-bond acceptors (Lipinski definition) is 4. The minimum absolute atomic E-state index is 0.112. The van der Waals surface area contributed by atoms with Gasteiger partial charge in [-0.1, -0.05) is 19.4 Å². The number of nitrogens with zero attached hydrogens (tertiary/aromatic N) is 1. The molecule has 6 heteroatoms. The van der Waals surface area contributed by atoms with Crippen LogP contribution in [0.3, 0.4) is 0 Å². The molecule has 0 aliphatic carbocycles. The molecule has 3 N–H and O–H groups in total. The zero-order chi connectivity index (χ0) is 15.9. The molecule has 6 nitrogen and oxygen atoms in total. The molecule has 1 aromatic rings. The summed E-state index contributed by atoms with van der Waals surface area (Å²) in [7, 11) is 0. The second kappa shape index (κ2) is 7.41. The van der Waals surface area contributed by atoms with Crippen molar-refractivity contribution in [3.8, 4) is 6.07 Å². The lowest BCUT2D eigenvalue weighted by Gasteiger charge is -2.25. The fraction of sp³-hybridized carbons (Fsp3) is 0.400. The van der Waals surface area contributed by atoms with E-state index in [0.29, 0.717) is 24.1 Å². The number of rotatable bonds is 7. The Morgan fingerprint density at radius 2 is 2.14 bits per heavy atom. The third-order valence-corrected chi connectivity index (χ3v) is 3.14. The highest BCUT2D eigenvalue weighted by Gasteiger charge is 2.31. The lowest BCUT2D eigenvalue weighted by Crippen LogP contribution is -2.51. The second-order valence-corrected chi connectivity index (χ2v) is 4.98. The van der Waals surface area contributed by atoms with Crippen molar-refractivity contribution in [3.05, 3.63) is 29.8 Å². The first-order valence-electron chi connectivity index (χ1n) is 6.69. The number of aliphatic carboxylic acids is 1. The van der Waals surface area contributed by atoms with Gasteiger partial charge < -0.3 is 10.4 Å². The number of nitriles is 1. The smallest absolute Gasteiger partial charge is 0.323 e. The van der Waals surface area contributed by atoms with Crippen LogP contribution in [0.15, 0.2) is 24.3 Å². The number of hydrogen-bond donors (Lipinski definition) is 3. The first kappa shape index (κ1) is 16.7. The van der Waals surface area contributed by atoms with E-state index in [4.69, 9.17) is 5.26 Å². The topological polar surface area (TPSA) is 102 Å². The van der Waals surface area contributed by atoms with Gasteiger partial charge in [0.25, 0.3) is 0 Å². The molecule has 0 aliphatic rings. The number of carbonyl (C=O) groups excluding carboxylic acids is 1. The van der Waals surface area contributed by atoms with Gasteiger partial charge in [0.15, 0.2) is 0 Å². The second-order valence-electron chi connectivity index (χ2n) is 4.98. The van der Waals surface area contributed by atoms with Gasteiger partial charge >= 0.3 is 5.97 Å². The maximum absolute atomic E-state index is 11.8. The van der Waals surface area contributed by atoms with E-state index >= 15 is 0 Å². The van der Waals surface area contributed by atoms with Crippen LogP contribution >= 0.6 is 0 Å². The molecule has 0 heterocycles. The van der Waals surface area contributed by atoms with Crippen LogP contribution in [0.25, 0.3) is 0 Å². The van der Waals surface area contributed by atoms with Crippen LogP contribution in [-0.4, -0.2) is 29.1 Å². The van der Waals surface area contributed by atoms with Crippen LogP contribution in [0.2, 0.25) is 0 Å². The number of carboxylic acid groups (broad SMARTS) is 1. The largest absolute Gasteiger partial charge is 0.480 e. The average molecular weight is 289 g/mol. The Bertz CT molecular complexity index is 566. The van der Waals surface area contributed by atoms with Gasteiger partial charge in [0.1, 0.15) is 5.54 Å². The van der Waals surface area contributed by atoms with Crippen molar-refractivity contribution in [2.45, 2.75) is 32.2 Å². The molecule has 1 unspecified atom stereocenters. The van der Waals surface area contributed by atoms with Crippen LogP contribution in [0, 0.1) is 11.3 Å². The maximum Gasteiger partial charge on any atom is 0.323 e. The molecule has 1 aromatic carbocycles. The third kappa shape index (κ3) is 4.89. The van der Waals surface area contributed by atoms with Crippen LogP contribution in [0.4, 0.5) is 5.69 Å². The molecule has 0 saturated carbocycles. The molecule has 0 radical (unpaired) electrons. The van der Waals surface area contributed by atoms with Crippen LogP contribution in [0.5, 0.6) is 0 Å². The number of benzene rings is 1. The molecular weight excluding hydrogens is 270 g/mol. The van der Waals surface area contributed by atoms with Crippen molar-refractivity contribution >= 4 is 17.6 Å². The molecule has 0 fully saturated rings. The molecular formula is C15H19N3O3. The zero-order valence-electron chi connectivity index (χ0n) is 12.1. The van der Waals surface area contributed by atoms with Gasteiger partial charge in [-0.05, 0) is 31.5 Å². The third-order valence-electron chi connectivity index (χ3n) is 3.14. The van der Waals surface area contributed by atoms with Gasteiger partial charge in [-0.25, -0.2) is 0 Å². The molecule has 1 rings (SSSR count). The van der Waals surface area contributed by atoms with E-state index < -0.39 is 11.5 Å². The molecule has 0 bridgehead atoms. The van der Waals surface area contributed by atoms with Crippen molar-refractivity contribution in [2.24, 2.45) is 0 Å². The summed E-state index contributed by atoms with van der Waals surface area (Å²) in [5, 5.41) is 23.4. The van der Waals surface area contributed by atoms with E-state index in [2.05, 4.69) is 10.6 Å². The summed E-state index contributed by atoms with van der Waals surface area (Å²) < 4.78 is 0. The maximum atomic E-state index is 11.8. The van der Waals surface area contributed by atoms with Crippen molar-refractivity contribution in [1.29, 1.82) is 5.26 Å². The highest BCUT2D eigenvalue weighted by Crippen LogP contribution is 2.13. The Kier molecular flexibility index (Phi) is 5.88. The highest BCUT2D eigenvalue weighted by molar-refractivity contribution is 5.93. The predicted molar refractivity (Wildman–Crippen MR) is 78.7 cm³/mol. The standard InChI is InChI=1S/C15H19N3O3/c1-3-7-15(2,14(20)21)17-10-13(19)18-12-6-4-5-11(8-12)9-16/h4-6,8,17H,3,7,10H2,1-2H3,(H,18,19)(H,20,21). The average Bonchev–Trinajstić information content (AvgIpc) is 2.45. The minimum atomic E-state index is -1.12. The highest BCUT2D eigenvalue weighted by atomic mass is 16.4. The van der Waals surface area contributed by atoms with Crippen molar-refractivity contribution in [1.82, 2.24) is 5.32 Å². The molecule has 21 heavy (non-hydrogen) atoms. The Labute approximate surface area is 123 Å². The number of nitrogens with one attached hydrogen (secondary N) is 2. The van der Waals surface area contributed by atoms with E-state index in [1.165, 1.54) is 0 Å². The van der Waals surface area contributed by atoms with Gasteiger partial charge in [-0.2, -0.15) is 5.26 Å². The molecule has 1 atom stereocenters. The van der Waals surface area contributed by atoms with E-state index in [0.717, 1.165) is 0 Å². The Hall–Kier alpha value is -2.39. The number of amides is 1. The van der Waals surface area contributed by atoms with Gasteiger partial charge in [-0.3, -0.25) is 14.9 Å². The lowest BCUT2D eigenvalue weighted by atomic mass is 9.96. The molecule has 0 spiro atoms. The normalized spacial score (nSPS) is 13.0. The van der Waals surface area contributed by atoms with Crippen molar-refractivity contribution < 1.29 is 14.7 Å². The van der Waals surface area contributed by atoms with Crippen molar-refractivity contribution in [3.63, 3.8) is 0 Å². The molecule has 112 valence electrons. The Balaban J connectivity index is 2.61. The first-order chi connectivity index (χ1) is 9.91. The summed E-state index contributed by atoms with van der Waals surface area (Å²) in [6.07, 6.45) is 1.13. The van der Waals surface area contributed by atoms with Gasteiger partial charge in [-0.15, -0.1) is 0 Å². The number of carbonyl (C=O) groups is 2. The quantitative estimate of drug-likeness (QED) is 0.709. The molecule has 1 amide bonds. The summed E-state index contributed by atoms with van der Waals surface area (Å²) in [6.45, 7) is 3.33. The number of carboxylic acids is 1. The fourth-order valence-corrected chi connectivity index (χ4v) is 1.92. The summed E-state index contributed by atoms with van der Waals surface area (Å²) in [4.78, 5) is 23.1. The van der Waals surface area contributed by atoms with Crippen LogP contribution in [0.1, 0.15) is 32.3 Å². The minimum Gasteiger partial charge on any atom is -0.480 e. The first-order valence-corrected chi connectivity index (χ1v) is 6.69. The zero-order valence-corrected chi connectivity index (χ0v) is 12.1. The monoisotopic (exact) mass is 289 g/mol. The van der Waals surface area contributed by atoms with Gasteiger partial charge in [0.2, 0.25) is 5.91 Å². The van der Waals surface area contributed by atoms with Crippen molar-refractivity contribution in [2.75, 3.05) is 11.9 Å². The lowest BCUT2D eigenvalue weighted by molar-refractivity contribution is -0.144. The number of anilines is 1. The van der Waals surface area contributed by atoms with Crippen LogP contribution < -0.4 is 10.6 Å². The van der Waals surface area contributed by atoms with E-state index in [1.807, 2.05) is 13.0 Å². The fourth-order valence-electron chi connectivity index (χ4n) is 1.92. The van der Waals surface area contributed by atoms with Crippen LogP contribution in [-0.2, 0) is 9.59 Å². The molecule has 0 aliphatic heterocycles. The summed E-state index contributed by atoms with van der Waals surface area (Å²) in [5.74, 6) is -1.34. The SMILES string of the molecule is CCCC(C)(NCC(=O)Nc1cccc(C#N)c1)C(=O)O.